The van der Waals surface area contributed by atoms with Gasteiger partial charge in [-0.15, -0.1) is 0 Å². The third-order valence-corrected chi connectivity index (χ3v) is 7.29. The van der Waals surface area contributed by atoms with Gasteiger partial charge in [0.1, 0.15) is 5.75 Å². The van der Waals surface area contributed by atoms with Crippen molar-refractivity contribution in [3.63, 3.8) is 0 Å². The average Bonchev–Trinajstić information content (AvgIpc) is 2.92. The van der Waals surface area contributed by atoms with Crippen molar-refractivity contribution in [2.75, 3.05) is 40.2 Å². The molecule has 0 bridgehead atoms. The van der Waals surface area contributed by atoms with Crippen LogP contribution in [-0.4, -0.2) is 67.4 Å². The number of hydrogen-bond donors (Lipinski definition) is 1. The molecule has 0 saturated carbocycles. The quantitative estimate of drug-likeness (QED) is 0.710. The summed E-state index contributed by atoms with van der Waals surface area (Å²) in [6.45, 7) is 0.329. The van der Waals surface area contributed by atoms with Crippen LogP contribution in [0.3, 0.4) is 0 Å². The molecule has 2 rings (SSSR count). The molecule has 0 aliphatic carbocycles. The Balaban J connectivity index is 2.16. The smallest absolute Gasteiger partial charge is 0.241 e. The van der Waals surface area contributed by atoms with Gasteiger partial charge in [-0.05, 0) is 12.1 Å². The van der Waals surface area contributed by atoms with E-state index in [2.05, 4.69) is 4.72 Å². The molecule has 1 heterocycles. The van der Waals surface area contributed by atoms with E-state index in [1.165, 1.54) is 33.3 Å². The number of rotatable bonds is 7. The lowest BCUT2D eigenvalue weighted by atomic mass is 10.1. The highest BCUT2D eigenvalue weighted by Crippen LogP contribution is 2.21. The fourth-order valence-electron chi connectivity index (χ4n) is 2.35. The van der Waals surface area contributed by atoms with Crippen LogP contribution in [-0.2, 0) is 24.8 Å². The molecule has 2 atom stereocenters. The van der Waals surface area contributed by atoms with Gasteiger partial charge in [0.25, 0.3) is 0 Å². The second-order valence-corrected chi connectivity index (χ2v) is 9.71. The summed E-state index contributed by atoms with van der Waals surface area (Å²) >= 11 is 0. The van der Waals surface area contributed by atoms with E-state index in [0.717, 1.165) is 4.31 Å². The van der Waals surface area contributed by atoms with Gasteiger partial charge in [-0.2, -0.15) is 0 Å². The van der Waals surface area contributed by atoms with Crippen molar-refractivity contribution in [1.82, 2.24) is 9.03 Å². The minimum atomic E-state index is -3.80. The van der Waals surface area contributed by atoms with Gasteiger partial charge < -0.3 is 9.47 Å². The number of methoxy groups -OCH3 is 1. The summed E-state index contributed by atoms with van der Waals surface area (Å²) in [7, 11) is -2.91. The molecular formula is C14H22N2O6S2. The standard InChI is InChI=1S/C14H22N2O6S2/c1-16(2)23(17,18)10-11-8-22-9-14(11)15-24(19,20)13-6-4-5-12(7-13)21-3/h4-7,11,14-15H,8-10H2,1-3H3/t11-,14-/m0/s1. The van der Waals surface area contributed by atoms with Gasteiger partial charge in [0.2, 0.25) is 20.0 Å². The number of sulfonamides is 2. The summed E-state index contributed by atoms with van der Waals surface area (Å²) in [5.41, 5.74) is 0. The predicted octanol–water partition coefficient (Wildman–Crippen LogP) is -0.120. The fourth-order valence-corrected chi connectivity index (χ4v) is 4.84. The van der Waals surface area contributed by atoms with Crippen molar-refractivity contribution in [2.45, 2.75) is 10.9 Å². The van der Waals surface area contributed by atoms with Gasteiger partial charge in [0, 0.05) is 26.1 Å². The second-order valence-electron chi connectivity index (χ2n) is 5.77. The van der Waals surface area contributed by atoms with E-state index in [9.17, 15) is 16.8 Å². The first-order valence-electron chi connectivity index (χ1n) is 7.30. The third-order valence-electron chi connectivity index (χ3n) is 3.84. The maximum absolute atomic E-state index is 12.5. The molecule has 24 heavy (non-hydrogen) atoms. The molecule has 1 aromatic rings. The van der Waals surface area contributed by atoms with E-state index < -0.39 is 32.0 Å². The molecule has 1 N–H and O–H groups in total. The highest BCUT2D eigenvalue weighted by molar-refractivity contribution is 7.89. The zero-order valence-electron chi connectivity index (χ0n) is 13.8. The molecule has 0 unspecified atom stereocenters. The van der Waals surface area contributed by atoms with Crippen molar-refractivity contribution in [1.29, 1.82) is 0 Å². The Morgan fingerprint density at radius 3 is 2.58 bits per heavy atom. The van der Waals surface area contributed by atoms with Crippen LogP contribution in [0.25, 0.3) is 0 Å². The molecule has 1 aromatic carbocycles. The van der Waals surface area contributed by atoms with Crippen molar-refractivity contribution in [3.05, 3.63) is 24.3 Å². The first kappa shape index (κ1) is 19.1. The molecule has 10 heteroatoms. The predicted molar refractivity (Wildman–Crippen MR) is 88.9 cm³/mol. The highest BCUT2D eigenvalue weighted by Gasteiger charge is 2.36. The lowest BCUT2D eigenvalue weighted by Gasteiger charge is -2.21. The molecule has 0 aromatic heterocycles. The first-order chi connectivity index (χ1) is 11.2. The van der Waals surface area contributed by atoms with Crippen LogP contribution in [0.5, 0.6) is 5.75 Å². The van der Waals surface area contributed by atoms with Crippen molar-refractivity contribution in [3.8, 4) is 5.75 Å². The Morgan fingerprint density at radius 2 is 1.96 bits per heavy atom. The normalized spacial score (nSPS) is 22.0. The van der Waals surface area contributed by atoms with E-state index in [1.54, 1.807) is 12.1 Å². The highest BCUT2D eigenvalue weighted by atomic mass is 32.2. The minimum absolute atomic E-state index is 0.0583. The number of benzene rings is 1. The first-order valence-corrected chi connectivity index (χ1v) is 10.4. The molecular weight excluding hydrogens is 356 g/mol. The zero-order chi connectivity index (χ0) is 18.0. The molecule has 8 nitrogen and oxygen atoms in total. The van der Waals surface area contributed by atoms with Crippen LogP contribution in [0.1, 0.15) is 0 Å². The molecule has 1 saturated heterocycles. The number of ether oxygens (including phenoxy) is 2. The van der Waals surface area contributed by atoms with Crippen molar-refractivity contribution >= 4 is 20.0 Å². The lowest BCUT2D eigenvalue weighted by molar-refractivity contribution is 0.185. The van der Waals surface area contributed by atoms with E-state index in [1.807, 2.05) is 0 Å². The van der Waals surface area contributed by atoms with Crippen molar-refractivity contribution in [2.24, 2.45) is 5.92 Å². The van der Waals surface area contributed by atoms with Crippen LogP contribution in [0.15, 0.2) is 29.2 Å². The topological polar surface area (TPSA) is 102 Å². The third kappa shape index (κ3) is 4.45. The molecule has 0 radical (unpaired) electrons. The SMILES string of the molecule is COc1cccc(S(=O)(=O)N[C@H]2COC[C@H]2CS(=O)(=O)N(C)C)c1. The Hall–Kier alpha value is -1.20. The van der Waals surface area contributed by atoms with Crippen LogP contribution in [0, 0.1) is 5.92 Å². The number of nitrogens with zero attached hydrogens (tertiary/aromatic N) is 1. The number of hydrogen-bond acceptors (Lipinski definition) is 6. The van der Waals surface area contributed by atoms with Gasteiger partial charge in [-0.1, -0.05) is 6.07 Å². The van der Waals surface area contributed by atoms with Gasteiger partial charge in [0.15, 0.2) is 0 Å². The fraction of sp³-hybridized carbons (Fsp3) is 0.571. The monoisotopic (exact) mass is 378 g/mol. The summed E-state index contributed by atoms with van der Waals surface area (Å²) in [6, 6.07) is 5.48. The van der Waals surface area contributed by atoms with Gasteiger partial charge in [-0.25, -0.2) is 25.9 Å². The average molecular weight is 378 g/mol. The Bertz CT molecular complexity index is 776. The van der Waals surface area contributed by atoms with Crippen LogP contribution < -0.4 is 9.46 Å². The van der Waals surface area contributed by atoms with Crippen LogP contribution in [0.4, 0.5) is 0 Å². The van der Waals surface area contributed by atoms with E-state index >= 15 is 0 Å². The Labute approximate surface area is 142 Å². The zero-order valence-corrected chi connectivity index (χ0v) is 15.4. The largest absolute Gasteiger partial charge is 0.497 e. The van der Waals surface area contributed by atoms with Crippen molar-refractivity contribution < 1.29 is 26.3 Å². The second kappa shape index (κ2) is 7.36. The molecule has 1 aliphatic heterocycles. The van der Waals surface area contributed by atoms with Crippen LogP contribution >= 0.6 is 0 Å². The maximum atomic E-state index is 12.5. The van der Waals surface area contributed by atoms with Gasteiger partial charge >= 0.3 is 0 Å². The molecule has 1 aliphatic rings. The van der Waals surface area contributed by atoms with E-state index in [-0.39, 0.29) is 23.9 Å². The summed E-state index contributed by atoms with van der Waals surface area (Å²) in [5.74, 6) is -0.198. The van der Waals surface area contributed by atoms with E-state index in [4.69, 9.17) is 9.47 Å². The molecule has 0 amide bonds. The lowest BCUT2D eigenvalue weighted by Crippen LogP contribution is -2.43. The molecule has 1 fully saturated rings. The summed E-state index contributed by atoms with van der Waals surface area (Å²) in [6.07, 6.45) is 0. The van der Waals surface area contributed by atoms with Crippen LogP contribution in [0.2, 0.25) is 0 Å². The summed E-state index contributed by atoms with van der Waals surface area (Å²) < 4.78 is 63.1. The van der Waals surface area contributed by atoms with Gasteiger partial charge in [0.05, 0.1) is 37.0 Å². The minimum Gasteiger partial charge on any atom is -0.497 e. The maximum Gasteiger partial charge on any atom is 0.241 e. The van der Waals surface area contributed by atoms with Gasteiger partial charge in [-0.3, -0.25) is 0 Å². The Kier molecular flexibility index (Phi) is 5.87. The molecule has 0 spiro atoms. The Morgan fingerprint density at radius 1 is 1.25 bits per heavy atom. The summed E-state index contributed by atoms with van der Waals surface area (Å²) in [4.78, 5) is 0.0583. The summed E-state index contributed by atoms with van der Waals surface area (Å²) in [5, 5.41) is 0. The number of nitrogens with one attached hydrogen (secondary N) is 1. The van der Waals surface area contributed by atoms with E-state index in [0.29, 0.717) is 5.75 Å². The molecule has 136 valence electrons.